The number of rotatable bonds is 7. The van der Waals surface area contributed by atoms with Crippen molar-refractivity contribution < 1.29 is 14.6 Å². The summed E-state index contributed by atoms with van der Waals surface area (Å²) in [5.41, 5.74) is 1.04. The summed E-state index contributed by atoms with van der Waals surface area (Å²) in [6, 6.07) is 9.69. The van der Waals surface area contributed by atoms with Gasteiger partial charge in [0.25, 0.3) is 0 Å². The Labute approximate surface area is 102 Å². The number of aliphatic hydroxyl groups is 1. The van der Waals surface area contributed by atoms with Crippen LogP contribution >= 0.6 is 0 Å². The maximum atomic E-state index is 11.3. The normalized spacial score (nSPS) is 14.0. The van der Waals surface area contributed by atoms with Gasteiger partial charge in [-0.25, -0.2) is 0 Å². The summed E-state index contributed by atoms with van der Waals surface area (Å²) in [5.74, 6) is -0.635. The van der Waals surface area contributed by atoms with E-state index in [0.29, 0.717) is 6.61 Å². The third kappa shape index (κ3) is 4.51. The number of ketones is 1. The second kappa shape index (κ2) is 6.99. The lowest BCUT2D eigenvalue weighted by Crippen LogP contribution is -2.28. The van der Waals surface area contributed by atoms with Gasteiger partial charge >= 0.3 is 0 Å². The van der Waals surface area contributed by atoms with Gasteiger partial charge in [0.1, 0.15) is 0 Å². The molecular formula is C14H18O3. The predicted octanol–water partition coefficient (Wildman–Crippen LogP) is 1.96. The zero-order chi connectivity index (χ0) is 12.7. The van der Waals surface area contributed by atoms with Gasteiger partial charge in [0.05, 0.1) is 19.3 Å². The van der Waals surface area contributed by atoms with Gasteiger partial charge in [-0.3, -0.25) is 4.79 Å². The Morgan fingerprint density at radius 2 is 2.12 bits per heavy atom. The maximum Gasteiger partial charge on any atom is 0.160 e. The second-order valence-corrected chi connectivity index (χ2v) is 3.96. The molecule has 0 aliphatic heterocycles. The summed E-state index contributed by atoms with van der Waals surface area (Å²) >= 11 is 0. The molecule has 0 heterocycles. The Hall–Kier alpha value is -1.45. The van der Waals surface area contributed by atoms with Gasteiger partial charge in [-0.2, -0.15) is 0 Å². The van der Waals surface area contributed by atoms with Gasteiger partial charge in [-0.05, 0) is 11.6 Å². The quantitative estimate of drug-likeness (QED) is 0.733. The molecule has 0 radical (unpaired) electrons. The van der Waals surface area contributed by atoms with Gasteiger partial charge in [-0.15, -0.1) is 0 Å². The molecule has 0 aliphatic carbocycles. The molecule has 0 spiro atoms. The fourth-order valence-electron chi connectivity index (χ4n) is 1.39. The molecule has 0 saturated heterocycles. The summed E-state index contributed by atoms with van der Waals surface area (Å²) in [5, 5.41) is 9.70. The fourth-order valence-corrected chi connectivity index (χ4v) is 1.39. The number of benzene rings is 1. The molecule has 3 heteroatoms. The van der Waals surface area contributed by atoms with E-state index >= 15 is 0 Å². The van der Waals surface area contributed by atoms with E-state index in [-0.39, 0.29) is 12.4 Å². The summed E-state index contributed by atoms with van der Waals surface area (Å²) in [6.45, 7) is 5.64. The van der Waals surface area contributed by atoms with Gasteiger partial charge in [0.2, 0.25) is 0 Å². The van der Waals surface area contributed by atoms with Crippen molar-refractivity contribution in [1.29, 1.82) is 0 Å². The second-order valence-electron chi connectivity index (χ2n) is 3.96. The van der Waals surface area contributed by atoms with E-state index < -0.39 is 12.0 Å². The van der Waals surface area contributed by atoms with Gasteiger partial charge in [-0.1, -0.05) is 43.8 Å². The van der Waals surface area contributed by atoms with Crippen LogP contribution in [0, 0.1) is 5.92 Å². The molecule has 0 saturated carbocycles. The van der Waals surface area contributed by atoms with Crippen molar-refractivity contribution in [2.75, 3.05) is 6.61 Å². The SMILES string of the molecule is C=CC(=O)[C@@H](C)[C@H](O)COCc1ccccc1. The Bertz CT molecular complexity index is 359. The molecule has 0 amide bonds. The van der Waals surface area contributed by atoms with Crippen molar-refractivity contribution in [3.05, 3.63) is 48.6 Å². The smallest absolute Gasteiger partial charge is 0.160 e. The van der Waals surface area contributed by atoms with E-state index in [4.69, 9.17) is 4.74 Å². The first-order chi connectivity index (χ1) is 8.15. The number of carbonyl (C=O) groups excluding carboxylic acids is 1. The van der Waals surface area contributed by atoms with E-state index in [1.54, 1.807) is 6.92 Å². The summed E-state index contributed by atoms with van der Waals surface area (Å²) in [7, 11) is 0. The molecule has 3 nitrogen and oxygen atoms in total. The number of allylic oxidation sites excluding steroid dienone is 1. The van der Waals surface area contributed by atoms with Crippen molar-refractivity contribution in [3.8, 4) is 0 Å². The highest BCUT2D eigenvalue weighted by Crippen LogP contribution is 2.07. The van der Waals surface area contributed by atoms with Crippen LogP contribution < -0.4 is 0 Å². The topological polar surface area (TPSA) is 46.5 Å². The van der Waals surface area contributed by atoms with E-state index in [2.05, 4.69) is 6.58 Å². The molecule has 1 rings (SSSR count). The molecule has 0 fully saturated rings. The zero-order valence-corrected chi connectivity index (χ0v) is 10.0. The maximum absolute atomic E-state index is 11.3. The predicted molar refractivity (Wildman–Crippen MR) is 66.5 cm³/mol. The Morgan fingerprint density at radius 1 is 1.47 bits per heavy atom. The Balaban J connectivity index is 2.31. The van der Waals surface area contributed by atoms with E-state index in [0.717, 1.165) is 5.56 Å². The number of carbonyl (C=O) groups is 1. The van der Waals surface area contributed by atoms with Crippen LogP contribution in [0.3, 0.4) is 0 Å². The van der Waals surface area contributed by atoms with Crippen LogP contribution in [0.4, 0.5) is 0 Å². The minimum atomic E-state index is -0.788. The van der Waals surface area contributed by atoms with Crippen molar-refractivity contribution in [3.63, 3.8) is 0 Å². The first kappa shape index (κ1) is 13.6. The van der Waals surface area contributed by atoms with Gasteiger partial charge in [0.15, 0.2) is 5.78 Å². The van der Waals surface area contributed by atoms with Gasteiger partial charge < -0.3 is 9.84 Å². The average Bonchev–Trinajstić information content (AvgIpc) is 2.38. The lowest BCUT2D eigenvalue weighted by molar-refractivity contribution is -0.122. The van der Waals surface area contributed by atoms with Crippen molar-refractivity contribution >= 4 is 5.78 Å². The van der Waals surface area contributed by atoms with E-state index in [9.17, 15) is 9.90 Å². The zero-order valence-electron chi connectivity index (χ0n) is 10.0. The summed E-state index contributed by atoms with van der Waals surface area (Å²) < 4.78 is 5.36. The third-order valence-electron chi connectivity index (χ3n) is 2.63. The average molecular weight is 234 g/mol. The van der Waals surface area contributed by atoms with E-state index in [1.165, 1.54) is 6.08 Å². The highest BCUT2D eigenvalue weighted by Gasteiger charge is 2.19. The molecule has 0 aliphatic rings. The molecule has 1 aromatic carbocycles. The fraction of sp³-hybridized carbons (Fsp3) is 0.357. The Kier molecular flexibility index (Phi) is 5.60. The summed E-state index contributed by atoms with van der Waals surface area (Å²) in [6.07, 6.45) is 0.439. The van der Waals surface area contributed by atoms with Crippen LogP contribution in [0.15, 0.2) is 43.0 Å². The molecule has 0 aromatic heterocycles. The van der Waals surface area contributed by atoms with Crippen molar-refractivity contribution in [2.24, 2.45) is 5.92 Å². The number of hydrogen-bond acceptors (Lipinski definition) is 3. The molecule has 1 aromatic rings. The monoisotopic (exact) mass is 234 g/mol. The number of hydrogen-bond donors (Lipinski definition) is 1. The van der Waals surface area contributed by atoms with Crippen LogP contribution in [-0.4, -0.2) is 23.6 Å². The third-order valence-corrected chi connectivity index (χ3v) is 2.63. The molecule has 92 valence electrons. The lowest BCUT2D eigenvalue weighted by atomic mass is 10.0. The molecular weight excluding hydrogens is 216 g/mol. The molecule has 0 bridgehead atoms. The van der Waals surface area contributed by atoms with Crippen molar-refractivity contribution in [1.82, 2.24) is 0 Å². The molecule has 2 atom stereocenters. The largest absolute Gasteiger partial charge is 0.390 e. The lowest BCUT2D eigenvalue weighted by Gasteiger charge is -2.16. The first-order valence-corrected chi connectivity index (χ1v) is 5.61. The van der Waals surface area contributed by atoms with Crippen LogP contribution in [0.25, 0.3) is 0 Å². The molecule has 17 heavy (non-hydrogen) atoms. The molecule has 1 N–H and O–H groups in total. The highest BCUT2D eigenvalue weighted by atomic mass is 16.5. The highest BCUT2D eigenvalue weighted by molar-refractivity contribution is 5.91. The Morgan fingerprint density at radius 3 is 2.71 bits per heavy atom. The summed E-state index contributed by atoms with van der Waals surface area (Å²) in [4.78, 5) is 11.3. The van der Waals surface area contributed by atoms with Crippen LogP contribution in [0.2, 0.25) is 0 Å². The van der Waals surface area contributed by atoms with Crippen molar-refractivity contribution in [2.45, 2.75) is 19.6 Å². The number of ether oxygens (including phenoxy) is 1. The minimum Gasteiger partial charge on any atom is -0.390 e. The molecule has 0 unspecified atom stereocenters. The van der Waals surface area contributed by atoms with Crippen LogP contribution in [0.5, 0.6) is 0 Å². The number of aliphatic hydroxyl groups excluding tert-OH is 1. The standard InChI is InChI=1S/C14H18O3/c1-3-13(15)11(2)14(16)10-17-9-12-7-5-4-6-8-12/h3-8,11,14,16H,1,9-10H2,2H3/t11-,14-/m1/s1. The minimum absolute atomic E-state index is 0.148. The first-order valence-electron chi connectivity index (χ1n) is 5.61. The van der Waals surface area contributed by atoms with Crippen LogP contribution in [-0.2, 0) is 16.1 Å². The van der Waals surface area contributed by atoms with Crippen LogP contribution in [0.1, 0.15) is 12.5 Å². The van der Waals surface area contributed by atoms with Gasteiger partial charge in [0, 0.05) is 5.92 Å². The van der Waals surface area contributed by atoms with E-state index in [1.807, 2.05) is 30.3 Å².